The Labute approximate surface area is 64.2 Å². The Bertz CT molecular complexity index is 216. The highest BCUT2D eigenvalue weighted by atomic mass is 35.5. The normalized spacial score (nSPS) is 9.40. The standard InChI is InChI=1S/C6H8ClN3/c1-9-5-4(7)2-3-10-6(5)8/h2-3,9H,1H3,(H2,8,10). The maximum atomic E-state index is 5.75. The summed E-state index contributed by atoms with van der Waals surface area (Å²) in [4.78, 5) is 3.84. The number of rotatable bonds is 1. The summed E-state index contributed by atoms with van der Waals surface area (Å²) in [7, 11) is 1.75. The van der Waals surface area contributed by atoms with Gasteiger partial charge in [-0.15, -0.1) is 0 Å². The van der Waals surface area contributed by atoms with Crippen molar-refractivity contribution in [1.29, 1.82) is 0 Å². The van der Waals surface area contributed by atoms with Crippen LogP contribution in [-0.4, -0.2) is 12.0 Å². The highest BCUT2D eigenvalue weighted by Gasteiger charge is 2.00. The van der Waals surface area contributed by atoms with E-state index in [1.807, 2.05) is 0 Å². The van der Waals surface area contributed by atoms with Crippen molar-refractivity contribution in [3.8, 4) is 0 Å². The van der Waals surface area contributed by atoms with Crippen LogP contribution in [0.25, 0.3) is 0 Å². The van der Waals surface area contributed by atoms with Gasteiger partial charge in [0.25, 0.3) is 0 Å². The van der Waals surface area contributed by atoms with E-state index in [-0.39, 0.29) is 0 Å². The van der Waals surface area contributed by atoms with E-state index in [0.717, 1.165) is 0 Å². The maximum absolute atomic E-state index is 5.75. The number of pyridine rings is 1. The molecule has 0 bridgehead atoms. The number of nitrogens with two attached hydrogens (primary N) is 1. The minimum atomic E-state index is 0.426. The van der Waals surface area contributed by atoms with Gasteiger partial charge in [0.05, 0.1) is 10.7 Å². The first-order chi connectivity index (χ1) is 4.75. The molecule has 0 aromatic carbocycles. The van der Waals surface area contributed by atoms with E-state index in [0.29, 0.717) is 16.5 Å². The zero-order valence-corrected chi connectivity index (χ0v) is 6.31. The molecule has 1 aromatic rings. The molecule has 4 heteroatoms. The molecule has 0 saturated heterocycles. The molecule has 0 saturated carbocycles. The van der Waals surface area contributed by atoms with Crippen molar-refractivity contribution >= 4 is 23.1 Å². The quantitative estimate of drug-likeness (QED) is 0.647. The lowest BCUT2D eigenvalue weighted by Crippen LogP contribution is -1.98. The number of hydrogen-bond donors (Lipinski definition) is 2. The van der Waals surface area contributed by atoms with E-state index in [1.165, 1.54) is 0 Å². The summed E-state index contributed by atoms with van der Waals surface area (Å²) >= 11 is 5.75. The molecule has 0 amide bonds. The Hall–Kier alpha value is -0.960. The fourth-order valence-electron chi connectivity index (χ4n) is 0.701. The first kappa shape index (κ1) is 7.15. The van der Waals surface area contributed by atoms with Gasteiger partial charge in [0.2, 0.25) is 0 Å². The SMILES string of the molecule is CNc1c(Cl)ccnc1N. The predicted molar refractivity (Wildman–Crippen MR) is 43.2 cm³/mol. The molecule has 1 rings (SSSR count). The number of nitrogens with one attached hydrogen (secondary N) is 1. The van der Waals surface area contributed by atoms with Gasteiger partial charge in [0.15, 0.2) is 0 Å². The number of hydrogen-bond acceptors (Lipinski definition) is 3. The van der Waals surface area contributed by atoms with Crippen LogP contribution in [0.15, 0.2) is 12.3 Å². The van der Waals surface area contributed by atoms with Crippen LogP contribution in [0.4, 0.5) is 11.5 Å². The summed E-state index contributed by atoms with van der Waals surface area (Å²) in [5, 5.41) is 3.44. The van der Waals surface area contributed by atoms with Gasteiger partial charge in [-0.1, -0.05) is 11.6 Å². The van der Waals surface area contributed by atoms with E-state index in [2.05, 4.69) is 10.3 Å². The molecule has 0 aliphatic carbocycles. The molecule has 0 aliphatic rings. The smallest absolute Gasteiger partial charge is 0.148 e. The number of nitrogen functional groups attached to an aromatic ring is 1. The summed E-state index contributed by atoms with van der Waals surface area (Å²) < 4.78 is 0. The summed E-state index contributed by atoms with van der Waals surface area (Å²) in [6.45, 7) is 0. The third-order valence-corrected chi connectivity index (χ3v) is 1.49. The van der Waals surface area contributed by atoms with Crippen molar-refractivity contribution in [1.82, 2.24) is 4.98 Å². The molecule has 0 spiro atoms. The lowest BCUT2D eigenvalue weighted by Gasteiger charge is -2.03. The summed E-state index contributed by atoms with van der Waals surface area (Å²) in [6.07, 6.45) is 1.57. The van der Waals surface area contributed by atoms with Crippen LogP contribution < -0.4 is 11.1 Å². The highest BCUT2D eigenvalue weighted by molar-refractivity contribution is 6.33. The minimum Gasteiger partial charge on any atom is -0.384 e. The van der Waals surface area contributed by atoms with Crippen molar-refractivity contribution < 1.29 is 0 Å². The zero-order valence-electron chi connectivity index (χ0n) is 5.56. The maximum Gasteiger partial charge on any atom is 0.148 e. The van der Waals surface area contributed by atoms with Crippen molar-refractivity contribution in [3.63, 3.8) is 0 Å². The molecule has 3 nitrogen and oxygen atoms in total. The van der Waals surface area contributed by atoms with Gasteiger partial charge < -0.3 is 11.1 Å². The van der Waals surface area contributed by atoms with E-state index < -0.39 is 0 Å². The fourth-order valence-corrected chi connectivity index (χ4v) is 0.948. The first-order valence-electron chi connectivity index (χ1n) is 2.83. The van der Waals surface area contributed by atoms with Crippen LogP contribution >= 0.6 is 11.6 Å². The van der Waals surface area contributed by atoms with Crippen LogP contribution in [0, 0.1) is 0 Å². The van der Waals surface area contributed by atoms with E-state index in [9.17, 15) is 0 Å². The van der Waals surface area contributed by atoms with Gasteiger partial charge in [-0.05, 0) is 6.07 Å². The summed E-state index contributed by atoms with van der Waals surface area (Å²) in [5.41, 5.74) is 6.16. The van der Waals surface area contributed by atoms with Crippen LogP contribution in [0.2, 0.25) is 5.02 Å². The van der Waals surface area contributed by atoms with Crippen molar-refractivity contribution in [2.45, 2.75) is 0 Å². The van der Waals surface area contributed by atoms with Crippen molar-refractivity contribution in [2.24, 2.45) is 0 Å². The Balaban J connectivity index is 3.17. The third kappa shape index (κ3) is 1.14. The van der Waals surface area contributed by atoms with Gasteiger partial charge in [-0.25, -0.2) is 4.98 Å². The van der Waals surface area contributed by atoms with E-state index in [4.69, 9.17) is 17.3 Å². The van der Waals surface area contributed by atoms with E-state index >= 15 is 0 Å². The fraction of sp³-hybridized carbons (Fsp3) is 0.167. The molecular formula is C6H8ClN3. The minimum absolute atomic E-state index is 0.426. The second-order valence-corrected chi connectivity index (χ2v) is 2.21. The summed E-state index contributed by atoms with van der Waals surface area (Å²) in [6, 6.07) is 1.68. The molecule has 0 atom stereocenters. The van der Waals surface area contributed by atoms with Crippen molar-refractivity contribution in [3.05, 3.63) is 17.3 Å². The molecule has 3 N–H and O–H groups in total. The topological polar surface area (TPSA) is 50.9 Å². The Kier molecular flexibility index (Phi) is 1.97. The first-order valence-corrected chi connectivity index (χ1v) is 3.21. The second-order valence-electron chi connectivity index (χ2n) is 1.80. The molecule has 0 unspecified atom stereocenters. The summed E-state index contributed by atoms with van der Waals surface area (Å²) in [5.74, 6) is 0.426. The monoisotopic (exact) mass is 157 g/mol. The van der Waals surface area contributed by atoms with Crippen LogP contribution in [0.5, 0.6) is 0 Å². The van der Waals surface area contributed by atoms with Crippen LogP contribution in [0.3, 0.4) is 0 Å². The number of anilines is 2. The van der Waals surface area contributed by atoms with Gasteiger partial charge in [-0.2, -0.15) is 0 Å². The average Bonchev–Trinajstić information content (AvgIpc) is 1.88. The molecule has 1 aromatic heterocycles. The lowest BCUT2D eigenvalue weighted by molar-refractivity contribution is 1.32. The lowest BCUT2D eigenvalue weighted by atomic mass is 10.4. The number of nitrogens with zero attached hydrogens (tertiary/aromatic N) is 1. The molecule has 0 fully saturated rings. The third-order valence-electron chi connectivity index (χ3n) is 1.18. The Morgan fingerprint density at radius 1 is 1.70 bits per heavy atom. The van der Waals surface area contributed by atoms with Gasteiger partial charge in [0.1, 0.15) is 5.82 Å². The Morgan fingerprint density at radius 2 is 2.40 bits per heavy atom. The molecule has 10 heavy (non-hydrogen) atoms. The molecule has 54 valence electrons. The van der Waals surface area contributed by atoms with Crippen LogP contribution in [0.1, 0.15) is 0 Å². The molecule has 0 aliphatic heterocycles. The zero-order chi connectivity index (χ0) is 7.56. The second kappa shape index (κ2) is 2.75. The average molecular weight is 158 g/mol. The number of halogens is 1. The highest BCUT2D eigenvalue weighted by Crippen LogP contribution is 2.24. The van der Waals surface area contributed by atoms with Crippen molar-refractivity contribution in [2.75, 3.05) is 18.1 Å². The molecule has 0 radical (unpaired) electrons. The van der Waals surface area contributed by atoms with Crippen LogP contribution in [-0.2, 0) is 0 Å². The van der Waals surface area contributed by atoms with E-state index in [1.54, 1.807) is 19.3 Å². The van der Waals surface area contributed by atoms with Gasteiger partial charge >= 0.3 is 0 Å². The molecular weight excluding hydrogens is 150 g/mol. The molecule has 1 heterocycles. The largest absolute Gasteiger partial charge is 0.384 e. The van der Waals surface area contributed by atoms with Gasteiger partial charge in [-0.3, -0.25) is 0 Å². The van der Waals surface area contributed by atoms with Gasteiger partial charge in [0, 0.05) is 13.2 Å². The predicted octanol–water partition coefficient (Wildman–Crippen LogP) is 1.36. The Morgan fingerprint density at radius 3 is 2.80 bits per heavy atom. The number of aromatic nitrogens is 1.